The van der Waals surface area contributed by atoms with E-state index in [1.54, 1.807) is 0 Å². The van der Waals surface area contributed by atoms with Gasteiger partial charge in [0.2, 0.25) is 0 Å². The SMILES string of the molecule is CN=C(NCCc1cc(C)cc(C)c1)NCC1CCCN(C)C1.I. The Kier molecular flexibility index (Phi) is 9.66. The van der Waals surface area contributed by atoms with Crippen LogP contribution in [0.25, 0.3) is 0 Å². The molecule has 4 nitrogen and oxygen atoms in total. The molecule has 2 N–H and O–H groups in total. The third-order valence-corrected chi connectivity index (χ3v) is 4.49. The van der Waals surface area contributed by atoms with Crippen molar-refractivity contribution in [1.29, 1.82) is 0 Å². The Morgan fingerprint density at radius 2 is 1.92 bits per heavy atom. The fourth-order valence-electron chi connectivity index (χ4n) is 3.44. The minimum absolute atomic E-state index is 0. The fourth-order valence-corrected chi connectivity index (χ4v) is 3.44. The maximum absolute atomic E-state index is 4.34. The molecule has 0 saturated carbocycles. The quantitative estimate of drug-likeness (QED) is 0.417. The second-order valence-electron chi connectivity index (χ2n) is 6.90. The number of hydrogen-bond donors (Lipinski definition) is 2. The molecule has 1 aliphatic rings. The first-order valence-electron chi connectivity index (χ1n) is 8.77. The Morgan fingerprint density at radius 1 is 1.21 bits per heavy atom. The van der Waals surface area contributed by atoms with Crippen LogP contribution in [0.4, 0.5) is 0 Å². The van der Waals surface area contributed by atoms with Gasteiger partial charge in [0.25, 0.3) is 0 Å². The van der Waals surface area contributed by atoms with Crippen molar-refractivity contribution in [3.8, 4) is 0 Å². The van der Waals surface area contributed by atoms with Gasteiger partial charge in [-0.3, -0.25) is 4.99 Å². The minimum atomic E-state index is 0. The van der Waals surface area contributed by atoms with Gasteiger partial charge in [-0.15, -0.1) is 24.0 Å². The van der Waals surface area contributed by atoms with Gasteiger partial charge in [0, 0.05) is 26.7 Å². The lowest BCUT2D eigenvalue weighted by Crippen LogP contribution is -2.44. The average molecular weight is 444 g/mol. The molecule has 2 rings (SSSR count). The van der Waals surface area contributed by atoms with Gasteiger partial charge in [-0.1, -0.05) is 29.3 Å². The highest BCUT2D eigenvalue weighted by Gasteiger charge is 2.17. The van der Waals surface area contributed by atoms with Gasteiger partial charge >= 0.3 is 0 Å². The van der Waals surface area contributed by atoms with Crippen molar-refractivity contribution in [3.63, 3.8) is 0 Å². The number of aliphatic imine (C=N–C) groups is 1. The largest absolute Gasteiger partial charge is 0.356 e. The normalized spacial score (nSPS) is 18.8. The first-order valence-corrected chi connectivity index (χ1v) is 8.77. The van der Waals surface area contributed by atoms with E-state index in [1.165, 1.54) is 42.6 Å². The Labute approximate surface area is 164 Å². The zero-order valence-corrected chi connectivity index (χ0v) is 17.9. The number of aryl methyl sites for hydroxylation is 2. The molecule has 1 atom stereocenters. The summed E-state index contributed by atoms with van der Waals surface area (Å²) in [6.45, 7) is 8.66. The molecule has 5 heteroatoms. The van der Waals surface area contributed by atoms with Crippen molar-refractivity contribution in [2.45, 2.75) is 33.1 Å². The third-order valence-electron chi connectivity index (χ3n) is 4.49. The maximum atomic E-state index is 4.34. The van der Waals surface area contributed by atoms with E-state index in [1.807, 2.05) is 7.05 Å². The van der Waals surface area contributed by atoms with Crippen LogP contribution in [0, 0.1) is 19.8 Å². The second kappa shape index (κ2) is 10.9. The molecule has 0 aliphatic carbocycles. The van der Waals surface area contributed by atoms with Gasteiger partial charge in [-0.05, 0) is 58.2 Å². The number of piperidine rings is 1. The zero-order valence-electron chi connectivity index (χ0n) is 15.6. The lowest BCUT2D eigenvalue weighted by atomic mass is 9.99. The van der Waals surface area contributed by atoms with Crippen LogP contribution in [0.5, 0.6) is 0 Å². The Balaban J connectivity index is 0.00000288. The number of nitrogens with zero attached hydrogens (tertiary/aromatic N) is 2. The summed E-state index contributed by atoms with van der Waals surface area (Å²) in [4.78, 5) is 6.76. The molecule has 0 spiro atoms. The molecule has 136 valence electrons. The summed E-state index contributed by atoms with van der Waals surface area (Å²) in [6, 6.07) is 6.75. The topological polar surface area (TPSA) is 39.7 Å². The van der Waals surface area contributed by atoms with Gasteiger partial charge in [-0.25, -0.2) is 0 Å². The van der Waals surface area contributed by atoms with Gasteiger partial charge in [0.05, 0.1) is 0 Å². The minimum Gasteiger partial charge on any atom is -0.356 e. The zero-order chi connectivity index (χ0) is 16.7. The van der Waals surface area contributed by atoms with Crippen molar-refractivity contribution in [3.05, 3.63) is 34.9 Å². The first kappa shape index (κ1) is 21.2. The lowest BCUT2D eigenvalue weighted by molar-refractivity contribution is 0.210. The van der Waals surface area contributed by atoms with E-state index in [0.29, 0.717) is 0 Å². The van der Waals surface area contributed by atoms with Crippen LogP contribution >= 0.6 is 24.0 Å². The smallest absolute Gasteiger partial charge is 0.190 e. The van der Waals surface area contributed by atoms with Crippen molar-refractivity contribution >= 4 is 29.9 Å². The van der Waals surface area contributed by atoms with Crippen LogP contribution in [0.2, 0.25) is 0 Å². The molecular weight excluding hydrogens is 411 g/mol. The molecule has 1 aromatic rings. The second-order valence-corrected chi connectivity index (χ2v) is 6.90. The summed E-state index contributed by atoms with van der Waals surface area (Å²) >= 11 is 0. The highest BCUT2D eigenvalue weighted by Crippen LogP contribution is 2.13. The first-order chi connectivity index (χ1) is 11.1. The molecule has 1 aromatic carbocycles. The molecule has 1 unspecified atom stereocenters. The average Bonchev–Trinajstić information content (AvgIpc) is 2.50. The van der Waals surface area contributed by atoms with Crippen molar-refractivity contribution in [2.75, 3.05) is 40.3 Å². The van der Waals surface area contributed by atoms with Crippen molar-refractivity contribution in [1.82, 2.24) is 15.5 Å². The third kappa shape index (κ3) is 7.38. The van der Waals surface area contributed by atoms with Gasteiger partial charge in [0.1, 0.15) is 0 Å². The van der Waals surface area contributed by atoms with Crippen LogP contribution in [0.1, 0.15) is 29.5 Å². The van der Waals surface area contributed by atoms with Crippen molar-refractivity contribution < 1.29 is 0 Å². The van der Waals surface area contributed by atoms with Crippen LogP contribution in [0.3, 0.4) is 0 Å². The summed E-state index contributed by atoms with van der Waals surface area (Å²) in [7, 11) is 4.06. The van der Waals surface area contributed by atoms with E-state index < -0.39 is 0 Å². The maximum Gasteiger partial charge on any atom is 0.190 e. The predicted octanol–water partition coefficient (Wildman–Crippen LogP) is 2.97. The number of nitrogens with one attached hydrogen (secondary N) is 2. The Morgan fingerprint density at radius 3 is 2.54 bits per heavy atom. The van der Waals surface area contributed by atoms with Crippen LogP contribution in [-0.2, 0) is 6.42 Å². The monoisotopic (exact) mass is 444 g/mol. The molecular formula is C19H33IN4. The number of hydrogen-bond acceptors (Lipinski definition) is 2. The van der Waals surface area contributed by atoms with Crippen LogP contribution < -0.4 is 10.6 Å². The van der Waals surface area contributed by atoms with E-state index in [0.717, 1.165) is 31.4 Å². The molecule has 1 heterocycles. The molecule has 0 bridgehead atoms. The number of benzene rings is 1. The summed E-state index contributed by atoms with van der Waals surface area (Å²) < 4.78 is 0. The Hall–Kier alpha value is -0.820. The van der Waals surface area contributed by atoms with Crippen molar-refractivity contribution in [2.24, 2.45) is 10.9 Å². The molecule has 24 heavy (non-hydrogen) atoms. The van der Waals surface area contributed by atoms with E-state index in [2.05, 4.69) is 59.6 Å². The summed E-state index contributed by atoms with van der Waals surface area (Å²) in [5.74, 6) is 1.65. The van der Waals surface area contributed by atoms with Crippen LogP contribution in [0.15, 0.2) is 23.2 Å². The number of halogens is 1. The summed E-state index contributed by atoms with van der Waals surface area (Å²) in [5, 5.41) is 6.91. The van der Waals surface area contributed by atoms with E-state index in [-0.39, 0.29) is 24.0 Å². The molecule has 1 aliphatic heterocycles. The molecule has 1 saturated heterocycles. The highest BCUT2D eigenvalue weighted by molar-refractivity contribution is 14.0. The lowest BCUT2D eigenvalue weighted by Gasteiger charge is -2.30. The number of guanidine groups is 1. The van der Waals surface area contributed by atoms with Gasteiger partial charge in [0.15, 0.2) is 5.96 Å². The summed E-state index contributed by atoms with van der Waals surface area (Å²) in [5.41, 5.74) is 4.06. The highest BCUT2D eigenvalue weighted by atomic mass is 127. The number of rotatable bonds is 5. The van der Waals surface area contributed by atoms with E-state index in [9.17, 15) is 0 Å². The van der Waals surface area contributed by atoms with Gasteiger partial charge < -0.3 is 15.5 Å². The number of likely N-dealkylation sites (tertiary alicyclic amines) is 1. The van der Waals surface area contributed by atoms with Crippen LogP contribution in [-0.4, -0.2) is 51.1 Å². The van der Waals surface area contributed by atoms with E-state index >= 15 is 0 Å². The Bertz CT molecular complexity index is 510. The molecule has 0 radical (unpaired) electrons. The van der Waals surface area contributed by atoms with Gasteiger partial charge in [-0.2, -0.15) is 0 Å². The van der Waals surface area contributed by atoms with E-state index in [4.69, 9.17) is 0 Å². The molecule has 0 amide bonds. The summed E-state index contributed by atoms with van der Waals surface area (Å²) in [6.07, 6.45) is 3.65. The fraction of sp³-hybridized carbons (Fsp3) is 0.632. The predicted molar refractivity (Wildman–Crippen MR) is 115 cm³/mol. The molecule has 1 fully saturated rings. The molecule has 0 aromatic heterocycles. The standard InChI is InChI=1S/C19H32N4.HI/c1-15-10-16(2)12-17(11-15)7-8-21-19(20-3)22-13-18-6-5-9-23(4)14-18;/h10-12,18H,5-9,13-14H2,1-4H3,(H2,20,21,22);1H.